The molecule has 122 valence electrons. The molecule has 1 fully saturated rings. The molecule has 0 saturated carbocycles. The van der Waals surface area contributed by atoms with E-state index < -0.39 is 0 Å². The predicted octanol–water partition coefficient (Wildman–Crippen LogP) is 0.899. The van der Waals surface area contributed by atoms with Gasteiger partial charge in [-0.2, -0.15) is 0 Å². The molecule has 6 nitrogen and oxygen atoms in total. The summed E-state index contributed by atoms with van der Waals surface area (Å²) in [6, 6.07) is 0.257. The van der Waals surface area contributed by atoms with Gasteiger partial charge >= 0.3 is 5.97 Å². The average Bonchev–Trinajstić information content (AvgIpc) is 2.47. The molecule has 0 aromatic carbocycles. The summed E-state index contributed by atoms with van der Waals surface area (Å²) in [5.41, 5.74) is 0. The van der Waals surface area contributed by atoms with Gasteiger partial charge in [0.05, 0.1) is 26.4 Å². The van der Waals surface area contributed by atoms with E-state index in [2.05, 4.69) is 0 Å². The van der Waals surface area contributed by atoms with Crippen LogP contribution in [0.2, 0.25) is 0 Å². The molecule has 0 spiro atoms. The van der Waals surface area contributed by atoms with Crippen LogP contribution in [-0.4, -0.2) is 73.7 Å². The van der Waals surface area contributed by atoms with Crippen LogP contribution in [0.1, 0.15) is 33.6 Å². The van der Waals surface area contributed by atoms with Gasteiger partial charge in [0.2, 0.25) is 5.91 Å². The third-order valence-corrected chi connectivity index (χ3v) is 3.57. The summed E-state index contributed by atoms with van der Waals surface area (Å²) in [6.45, 7) is 9.96. The monoisotopic (exact) mass is 300 g/mol. The van der Waals surface area contributed by atoms with E-state index in [0.717, 1.165) is 13.0 Å². The van der Waals surface area contributed by atoms with E-state index in [0.29, 0.717) is 39.3 Å². The molecule has 0 aromatic heterocycles. The van der Waals surface area contributed by atoms with Gasteiger partial charge in [0.25, 0.3) is 0 Å². The maximum absolute atomic E-state index is 12.0. The minimum atomic E-state index is -0.203. The molecule has 6 heteroatoms. The fourth-order valence-electron chi connectivity index (χ4n) is 2.30. The van der Waals surface area contributed by atoms with E-state index >= 15 is 0 Å². The third-order valence-electron chi connectivity index (χ3n) is 3.57. The molecule has 1 rings (SSSR count). The minimum Gasteiger partial charge on any atom is -0.465 e. The van der Waals surface area contributed by atoms with Gasteiger partial charge in [-0.1, -0.05) is 0 Å². The molecule has 21 heavy (non-hydrogen) atoms. The molecule has 0 unspecified atom stereocenters. The maximum Gasteiger partial charge on any atom is 0.320 e. The zero-order valence-corrected chi connectivity index (χ0v) is 13.5. The Morgan fingerprint density at radius 3 is 2.52 bits per heavy atom. The molecule has 0 bridgehead atoms. The van der Waals surface area contributed by atoms with E-state index in [1.807, 2.05) is 23.6 Å². The second kappa shape index (κ2) is 9.73. The van der Waals surface area contributed by atoms with E-state index in [-0.39, 0.29) is 24.5 Å². The summed E-state index contributed by atoms with van der Waals surface area (Å²) in [7, 11) is 0. The summed E-state index contributed by atoms with van der Waals surface area (Å²) < 4.78 is 10.2. The minimum absolute atomic E-state index is 0.179. The number of hydrogen-bond donors (Lipinski definition) is 0. The van der Waals surface area contributed by atoms with Crippen molar-refractivity contribution < 1.29 is 19.1 Å². The van der Waals surface area contributed by atoms with Crippen molar-refractivity contribution in [2.45, 2.75) is 39.7 Å². The highest BCUT2D eigenvalue weighted by molar-refractivity contribution is 5.76. The van der Waals surface area contributed by atoms with Crippen molar-refractivity contribution in [2.75, 3.05) is 46.0 Å². The maximum atomic E-state index is 12.0. The van der Waals surface area contributed by atoms with Crippen LogP contribution in [0.15, 0.2) is 0 Å². The van der Waals surface area contributed by atoms with Gasteiger partial charge in [-0.05, 0) is 33.7 Å². The van der Waals surface area contributed by atoms with Crippen molar-refractivity contribution in [3.63, 3.8) is 0 Å². The highest BCUT2D eigenvalue weighted by Gasteiger charge is 2.18. The lowest BCUT2D eigenvalue weighted by Crippen LogP contribution is -2.41. The normalized spacial score (nSPS) is 15.6. The smallest absolute Gasteiger partial charge is 0.320 e. The van der Waals surface area contributed by atoms with Crippen LogP contribution in [-0.2, 0) is 19.1 Å². The zero-order valence-electron chi connectivity index (χ0n) is 13.5. The van der Waals surface area contributed by atoms with Gasteiger partial charge in [0.15, 0.2) is 0 Å². The Morgan fingerprint density at radius 2 is 1.95 bits per heavy atom. The van der Waals surface area contributed by atoms with Crippen LogP contribution in [0.5, 0.6) is 0 Å². The predicted molar refractivity (Wildman–Crippen MR) is 80.0 cm³/mol. The van der Waals surface area contributed by atoms with Gasteiger partial charge in [-0.3, -0.25) is 14.5 Å². The standard InChI is InChI=1S/C15H28N2O4/c1-4-21-15(19)12-17(13(2)3)7-5-6-14(18)16-8-10-20-11-9-16/h13H,4-12H2,1-3H3. The van der Waals surface area contributed by atoms with Crippen molar-refractivity contribution in [1.82, 2.24) is 9.80 Å². The number of nitrogens with zero attached hydrogens (tertiary/aromatic N) is 2. The van der Waals surface area contributed by atoms with Crippen molar-refractivity contribution in [3.8, 4) is 0 Å². The van der Waals surface area contributed by atoms with E-state index in [1.165, 1.54) is 0 Å². The first kappa shape index (κ1) is 17.9. The molecule has 1 aliphatic heterocycles. The summed E-state index contributed by atoms with van der Waals surface area (Å²) in [5, 5.41) is 0. The Morgan fingerprint density at radius 1 is 1.29 bits per heavy atom. The molecule has 1 amide bonds. The van der Waals surface area contributed by atoms with Gasteiger partial charge in [0, 0.05) is 25.6 Å². The van der Waals surface area contributed by atoms with Crippen molar-refractivity contribution in [3.05, 3.63) is 0 Å². The fraction of sp³-hybridized carbons (Fsp3) is 0.867. The van der Waals surface area contributed by atoms with Crippen LogP contribution in [0.4, 0.5) is 0 Å². The van der Waals surface area contributed by atoms with E-state index in [4.69, 9.17) is 9.47 Å². The zero-order chi connectivity index (χ0) is 15.7. The Labute approximate surface area is 127 Å². The quantitative estimate of drug-likeness (QED) is 0.623. The lowest BCUT2D eigenvalue weighted by Gasteiger charge is -2.28. The van der Waals surface area contributed by atoms with Crippen LogP contribution in [0.3, 0.4) is 0 Å². The summed E-state index contributed by atoms with van der Waals surface area (Å²) in [5.74, 6) is -0.0242. The number of esters is 1. The number of carbonyl (C=O) groups excluding carboxylic acids is 2. The summed E-state index contributed by atoms with van der Waals surface area (Å²) in [6.07, 6.45) is 1.28. The summed E-state index contributed by atoms with van der Waals surface area (Å²) >= 11 is 0. The molecule has 0 atom stereocenters. The van der Waals surface area contributed by atoms with Gasteiger partial charge < -0.3 is 14.4 Å². The van der Waals surface area contributed by atoms with Gasteiger partial charge in [-0.15, -0.1) is 0 Å². The lowest BCUT2D eigenvalue weighted by molar-refractivity contribution is -0.144. The SMILES string of the molecule is CCOC(=O)CN(CCCC(=O)N1CCOCC1)C(C)C. The Kier molecular flexibility index (Phi) is 8.30. The number of hydrogen-bond acceptors (Lipinski definition) is 5. The molecule has 0 N–H and O–H groups in total. The van der Waals surface area contributed by atoms with Crippen LogP contribution in [0.25, 0.3) is 0 Å². The van der Waals surface area contributed by atoms with Crippen molar-refractivity contribution in [2.24, 2.45) is 0 Å². The number of ether oxygens (including phenoxy) is 2. The fourth-order valence-corrected chi connectivity index (χ4v) is 2.30. The van der Waals surface area contributed by atoms with Gasteiger partial charge in [0.1, 0.15) is 0 Å². The first-order chi connectivity index (χ1) is 10.0. The molecule has 0 radical (unpaired) electrons. The Balaban J connectivity index is 2.29. The highest BCUT2D eigenvalue weighted by atomic mass is 16.5. The van der Waals surface area contributed by atoms with Crippen molar-refractivity contribution in [1.29, 1.82) is 0 Å². The average molecular weight is 300 g/mol. The first-order valence-corrected chi connectivity index (χ1v) is 7.79. The van der Waals surface area contributed by atoms with Crippen LogP contribution in [0, 0.1) is 0 Å². The molecular weight excluding hydrogens is 272 g/mol. The van der Waals surface area contributed by atoms with Gasteiger partial charge in [-0.25, -0.2) is 0 Å². The summed E-state index contributed by atoms with van der Waals surface area (Å²) in [4.78, 5) is 27.5. The second-order valence-electron chi connectivity index (χ2n) is 5.47. The molecule has 0 aliphatic carbocycles. The lowest BCUT2D eigenvalue weighted by atomic mass is 10.2. The van der Waals surface area contributed by atoms with Crippen LogP contribution >= 0.6 is 0 Å². The van der Waals surface area contributed by atoms with E-state index in [1.54, 1.807) is 6.92 Å². The topological polar surface area (TPSA) is 59.1 Å². The molecule has 1 aliphatic rings. The third kappa shape index (κ3) is 6.91. The Hall–Kier alpha value is -1.14. The molecular formula is C15H28N2O4. The molecule has 1 heterocycles. The number of rotatable bonds is 8. The largest absolute Gasteiger partial charge is 0.465 e. The number of carbonyl (C=O) groups is 2. The first-order valence-electron chi connectivity index (χ1n) is 7.79. The second-order valence-corrected chi connectivity index (χ2v) is 5.47. The van der Waals surface area contributed by atoms with Crippen molar-refractivity contribution >= 4 is 11.9 Å². The number of morpholine rings is 1. The molecule has 1 saturated heterocycles. The number of amides is 1. The van der Waals surface area contributed by atoms with E-state index in [9.17, 15) is 9.59 Å². The molecule has 0 aromatic rings. The highest BCUT2D eigenvalue weighted by Crippen LogP contribution is 2.06. The van der Waals surface area contributed by atoms with Crippen LogP contribution < -0.4 is 0 Å². The Bertz CT molecular complexity index is 328.